The minimum Gasteiger partial charge on any atom is -0.494 e. The fraction of sp³-hybridized carbons (Fsp3) is 0.227. The maximum atomic E-state index is 12.5. The number of aromatic amines is 1. The zero-order valence-corrected chi connectivity index (χ0v) is 16.6. The van der Waals surface area contributed by atoms with E-state index in [1.54, 1.807) is 36.4 Å². The highest BCUT2D eigenvalue weighted by Crippen LogP contribution is 2.23. The Hall–Kier alpha value is -3.61. The number of hydrogen-bond acceptors (Lipinski definition) is 5. The number of benzene rings is 2. The van der Waals surface area contributed by atoms with Crippen LogP contribution in [0.15, 0.2) is 63.1 Å². The van der Waals surface area contributed by atoms with Gasteiger partial charge in [0.1, 0.15) is 11.3 Å². The fourth-order valence-corrected chi connectivity index (χ4v) is 3.07. The lowest BCUT2D eigenvalue weighted by Gasteiger charge is -2.14. The number of nitrogens with one attached hydrogen (secondary N) is 1. The zero-order valence-electron chi connectivity index (χ0n) is 16.6. The molecule has 0 saturated heterocycles. The first-order chi connectivity index (χ1) is 14.0. The maximum absolute atomic E-state index is 12.5. The second kappa shape index (κ2) is 8.60. The lowest BCUT2D eigenvalue weighted by molar-refractivity contribution is 0.340. The monoisotopic (exact) mass is 393 g/mol. The molecule has 150 valence electrons. The van der Waals surface area contributed by atoms with Gasteiger partial charge in [0.15, 0.2) is 0 Å². The van der Waals surface area contributed by atoms with Crippen molar-refractivity contribution in [1.82, 2.24) is 9.55 Å². The molecule has 2 aromatic carbocycles. The average Bonchev–Trinajstić information content (AvgIpc) is 2.70. The molecule has 2 N–H and O–H groups in total. The summed E-state index contributed by atoms with van der Waals surface area (Å²) in [5.41, 5.74) is 0.844. The number of aryl methyl sites for hydroxylation is 1. The van der Waals surface area contributed by atoms with Crippen LogP contribution >= 0.6 is 0 Å². The molecule has 0 fully saturated rings. The largest absolute Gasteiger partial charge is 0.494 e. The highest BCUT2D eigenvalue weighted by atomic mass is 16.5. The third-order valence-electron chi connectivity index (χ3n) is 4.48. The van der Waals surface area contributed by atoms with Crippen LogP contribution < -0.4 is 16.0 Å². The first-order valence-corrected chi connectivity index (χ1v) is 9.41. The van der Waals surface area contributed by atoms with Crippen LogP contribution in [0.1, 0.15) is 31.4 Å². The van der Waals surface area contributed by atoms with E-state index in [4.69, 9.17) is 4.74 Å². The number of para-hydroxylation sites is 1. The molecule has 1 aromatic heterocycles. The van der Waals surface area contributed by atoms with Crippen LogP contribution in [-0.2, 0) is 0 Å². The van der Waals surface area contributed by atoms with Gasteiger partial charge in [0, 0.05) is 0 Å². The van der Waals surface area contributed by atoms with E-state index in [0.29, 0.717) is 30.1 Å². The number of ether oxygens (including phenoxy) is 1. The van der Waals surface area contributed by atoms with Crippen LogP contribution in [0, 0.1) is 6.92 Å². The van der Waals surface area contributed by atoms with E-state index in [2.05, 4.69) is 9.98 Å². The topological polar surface area (TPSA) is 96.7 Å². The lowest BCUT2D eigenvalue weighted by Crippen LogP contribution is -2.33. The molecule has 0 atom stereocenters. The molecule has 0 aliphatic heterocycles. The van der Waals surface area contributed by atoms with E-state index in [1.807, 2.05) is 32.9 Å². The molecular weight excluding hydrogens is 370 g/mol. The van der Waals surface area contributed by atoms with Crippen molar-refractivity contribution in [2.75, 3.05) is 6.61 Å². The molecule has 0 radical (unpaired) electrons. The summed E-state index contributed by atoms with van der Waals surface area (Å²) in [4.78, 5) is 31.8. The molecular formula is C22H23N3O4. The molecule has 0 aliphatic rings. The summed E-state index contributed by atoms with van der Waals surface area (Å²) < 4.78 is 6.52. The number of H-pyrrole nitrogens is 1. The second-order valence-electron chi connectivity index (χ2n) is 6.42. The third-order valence-corrected chi connectivity index (χ3v) is 4.48. The van der Waals surface area contributed by atoms with Crippen molar-refractivity contribution >= 4 is 11.4 Å². The number of hydrogen-bond donors (Lipinski definition) is 2. The Morgan fingerprint density at radius 3 is 2.41 bits per heavy atom. The van der Waals surface area contributed by atoms with Gasteiger partial charge in [-0.05, 0) is 56.2 Å². The van der Waals surface area contributed by atoms with Gasteiger partial charge in [0.05, 0.1) is 23.7 Å². The van der Waals surface area contributed by atoms with Gasteiger partial charge in [0.2, 0.25) is 5.88 Å². The van der Waals surface area contributed by atoms with E-state index in [-0.39, 0.29) is 5.56 Å². The fourth-order valence-electron chi connectivity index (χ4n) is 3.07. The minimum atomic E-state index is -0.706. The minimum absolute atomic E-state index is 0.0239. The van der Waals surface area contributed by atoms with Gasteiger partial charge >= 0.3 is 5.69 Å². The van der Waals surface area contributed by atoms with Crippen LogP contribution in [0.5, 0.6) is 11.6 Å². The van der Waals surface area contributed by atoms with Crippen LogP contribution in [0.2, 0.25) is 0 Å². The van der Waals surface area contributed by atoms with Gasteiger partial charge < -0.3 is 9.84 Å². The Balaban J connectivity index is 2.16. The molecule has 7 heteroatoms. The number of rotatable bonds is 6. The van der Waals surface area contributed by atoms with Gasteiger partial charge in [-0.2, -0.15) is 0 Å². The molecule has 3 rings (SSSR count). The van der Waals surface area contributed by atoms with Gasteiger partial charge in [-0.15, -0.1) is 0 Å². The molecule has 0 bridgehead atoms. The van der Waals surface area contributed by atoms with E-state index >= 15 is 0 Å². The number of aromatic hydroxyl groups is 1. The quantitative estimate of drug-likeness (QED) is 0.627. The Morgan fingerprint density at radius 1 is 1.10 bits per heavy atom. The summed E-state index contributed by atoms with van der Waals surface area (Å²) in [5.74, 6) is 0.290. The summed E-state index contributed by atoms with van der Waals surface area (Å²) in [6.45, 7) is 6.11. The highest BCUT2D eigenvalue weighted by molar-refractivity contribution is 6.03. The van der Waals surface area contributed by atoms with Gasteiger partial charge in [-0.1, -0.05) is 25.1 Å². The second-order valence-corrected chi connectivity index (χ2v) is 6.42. The summed E-state index contributed by atoms with van der Waals surface area (Å²) in [7, 11) is 0. The first-order valence-electron chi connectivity index (χ1n) is 9.41. The first kappa shape index (κ1) is 20.1. The summed E-state index contributed by atoms with van der Waals surface area (Å²) >= 11 is 0. The third kappa shape index (κ3) is 4.13. The van der Waals surface area contributed by atoms with Crippen LogP contribution in [0.4, 0.5) is 5.69 Å². The van der Waals surface area contributed by atoms with Gasteiger partial charge in [-0.25, -0.2) is 9.36 Å². The molecule has 0 amide bonds. The van der Waals surface area contributed by atoms with Crippen molar-refractivity contribution in [3.05, 3.63) is 80.5 Å². The molecule has 7 nitrogen and oxygen atoms in total. The van der Waals surface area contributed by atoms with Crippen molar-refractivity contribution in [2.24, 2.45) is 4.99 Å². The average molecular weight is 393 g/mol. The Bertz CT molecular complexity index is 1160. The van der Waals surface area contributed by atoms with Crippen molar-refractivity contribution in [1.29, 1.82) is 0 Å². The molecule has 1 heterocycles. The van der Waals surface area contributed by atoms with Crippen LogP contribution in [0.3, 0.4) is 0 Å². The van der Waals surface area contributed by atoms with E-state index in [0.717, 1.165) is 15.9 Å². The Kier molecular flexibility index (Phi) is 5.97. The number of aliphatic imine (C=N–C) groups is 1. The molecule has 0 aliphatic carbocycles. The van der Waals surface area contributed by atoms with Crippen LogP contribution in [0.25, 0.3) is 5.69 Å². The van der Waals surface area contributed by atoms with E-state index in [1.165, 1.54) is 0 Å². The molecule has 0 unspecified atom stereocenters. The normalized spacial score (nSPS) is 11.5. The SMILES string of the molecule is CCOc1ccc(N=C(CC)c2c(O)n(-c3ccccc3C)c(=O)[nH]c2=O)cc1. The number of aromatic nitrogens is 2. The maximum Gasteiger partial charge on any atom is 0.335 e. The lowest BCUT2D eigenvalue weighted by atomic mass is 10.1. The Morgan fingerprint density at radius 2 is 1.79 bits per heavy atom. The Labute approximate surface area is 168 Å². The van der Waals surface area contributed by atoms with Crippen molar-refractivity contribution in [3.8, 4) is 17.3 Å². The summed E-state index contributed by atoms with van der Waals surface area (Å²) in [6.07, 6.45) is 0.385. The van der Waals surface area contributed by atoms with Crippen molar-refractivity contribution in [2.45, 2.75) is 27.2 Å². The van der Waals surface area contributed by atoms with E-state index in [9.17, 15) is 14.7 Å². The predicted molar refractivity (Wildman–Crippen MR) is 113 cm³/mol. The predicted octanol–water partition coefficient (Wildman–Crippen LogP) is 3.47. The standard InChI is InChI=1S/C22H23N3O4/c1-4-17(23-15-10-12-16(13-11-15)29-5-2)19-20(26)24-22(28)25(21(19)27)18-9-7-6-8-14(18)3/h6-13,27H,4-5H2,1-3H3,(H,24,26,28). The molecule has 0 spiro atoms. The highest BCUT2D eigenvalue weighted by Gasteiger charge is 2.20. The zero-order chi connectivity index (χ0) is 21.0. The van der Waals surface area contributed by atoms with Crippen molar-refractivity contribution in [3.63, 3.8) is 0 Å². The number of nitrogens with zero attached hydrogens (tertiary/aromatic N) is 2. The molecule has 3 aromatic rings. The van der Waals surface area contributed by atoms with Crippen LogP contribution in [-0.4, -0.2) is 27.0 Å². The summed E-state index contributed by atoms with van der Waals surface area (Å²) in [5, 5.41) is 10.9. The van der Waals surface area contributed by atoms with Gasteiger partial charge in [-0.3, -0.25) is 14.8 Å². The summed E-state index contributed by atoms with van der Waals surface area (Å²) in [6, 6.07) is 14.2. The molecule has 0 saturated carbocycles. The van der Waals surface area contributed by atoms with Crippen molar-refractivity contribution < 1.29 is 9.84 Å². The molecule has 29 heavy (non-hydrogen) atoms. The van der Waals surface area contributed by atoms with Gasteiger partial charge in [0.25, 0.3) is 5.56 Å². The van der Waals surface area contributed by atoms with E-state index < -0.39 is 17.1 Å². The smallest absolute Gasteiger partial charge is 0.335 e.